The zero-order valence-electron chi connectivity index (χ0n) is 11.0. The summed E-state index contributed by atoms with van der Waals surface area (Å²) in [7, 11) is 0. The molecular weight excluding hydrogens is 274 g/mol. The van der Waals surface area contributed by atoms with E-state index in [0.29, 0.717) is 17.6 Å². The molecule has 0 saturated heterocycles. The van der Waals surface area contributed by atoms with Crippen LogP contribution in [-0.2, 0) is 0 Å². The predicted molar refractivity (Wildman–Crippen MR) is 78.4 cm³/mol. The first-order valence-electron chi connectivity index (χ1n) is 6.81. The molecule has 100 valence electrons. The Balaban J connectivity index is 1.84. The molecule has 1 aromatic heterocycles. The van der Waals surface area contributed by atoms with E-state index in [1.54, 1.807) is 18.1 Å². The quantitative estimate of drug-likeness (QED) is 0.481. The number of nitrogens with zero attached hydrogens (tertiary/aromatic N) is 3. The van der Waals surface area contributed by atoms with Gasteiger partial charge >= 0.3 is 0 Å². The number of hydrogen-bond acceptors (Lipinski definition) is 5. The van der Waals surface area contributed by atoms with Crippen molar-refractivity contribution in [2.45, 2.75) is 53.8 Å². The van der Waals surface area contributed by atoms with Crippen LogP contribution in [0, 0.1) is 17.2 Å². The zero-order valence-corrected chi connectivity index (χ0v) is 12.6. The fourth-order valence-corrected chi connectivity index (χ4v) is 5.62. The minimum atomic E-state index is 0.585. The third-order valence-corrected chi connectivity index (χ3v) is 6.33. The molecule has 1 saturated carbocycles. The van der Waals surface area contributed by atoms with Crippen LogP contribution in [0.1, 0.15) is 44.1 Å². The van der Waals surface area contributed by atoms with Crippen LogP contribution in [-0.4, -0.2) is 21.0 Å². The molecule has 1 fully saturated rings. The monoisotopic (exact) mass is 291 g/mol. The molecule has 1 aliphatic heterocycles. The van der Waals surface area contributed by atoms with Crippen LogP contribution in [0.2, 0.25) is 0 Å². The Morgan fingerprint density at radius 2 is 2.37 bits per heavy atom. The van der Waals surface area contributed by atoms with Crippen molar-refractivity contribution in [2.24, 2.45) is 5.92 Å². The van der Waals surface area contributed by atoms with Crippen LogP contribution in [0.25, 0.3) is 0 Å². The normalized spacial score (nSPS) is 28.5. The van der Waals surface area contributed by atoms with Crippen molar-refractivity contribution < 1.29 is 0 Å². The number of hydrogen-bond donors (Lipinski definition) is 0. The van der Waals surface area contributed by atoms with Gasteiger partial charge in [0.05, 0.1) is 6.07 Å². The Hall–Kier alpha value is -0.730. The molecule has 2 aliphatic rings. The number of aromatic nitrogens is 2. The maximum absolute atomic E-state index is 8.65. The fourth-order valence-electron chi connectivity index (χ4n) is 3.02. The van der Waals surface area contributed by atoms with Crippen molar-refractivity contribution in [2.75, 3.05) is 5.75 Å². The molecule has 3 nitrogen and oxygen atoms in total. The fraction of sp³-hybridized carbons (Fsp3) is 0.643. The van der Waals surface area contributed by atoms with E-state index in [0.717, 1.165) is 16.7 Å². The van der Waals surface area contributed by atoms with E-state index in [4.69, 9.17) is 5.26 Å². The van der Waals surface area contributed by atoms with Gasteiger partial charge in [-0.15, -0.1) is 23.5 Å². The molecule has 3 unspecified atom stereocenters. The van der Waals surface area contributed by atoms with E-state index in [2.05, 4.69) is 23.0 Å². The van der Waals surface area contributed by atoms with Crippen molar-refractivity contribution in [3.05, 3.63) is 11.9 Å². The van der Waals surface area contributed by atoms with Gasteiger partial charge in [0.25, 0.3) is 0 Å². The van der Waals surface area contributed by atoms with Crippen molar-refractivity contribution in [3.8, 4) is 6.07 Å². The summed E-state index contributed by atoms with van der Waals surface area (Å²) in [5.41, 5.74) is 1.38. The Morgan fingerprint density at radius 3 is 3.21 bits per heavy atom. The second-order valence-corrected chi connectivity index (χ2v) is 7.65. The number of nitriles is 1. The van der Waals surface area contributed by atoms with Gasteiger partial charge in [0, 0.05) is 28.9 Å². The Kier molecular flexibility index (Phi) is 3.99. The lowest BCUT2D eigenvalue weighted by Crippen LogP contribution is -2.21. The first kappa shape index (κ1) is 13.3. The summed E-state index contributed by atoms with van der Waals surface area (Å²) in [6.07, 6.45) is 6.15. The van der Waals surface area contributed by atoms with Gasteiger partial charge in [-0.3, -0.25) is 0 Å². The third kappa shape index (κ3) is 2.61. The lowest BCUT2D eigenvalue weighted by molar-refractivity contribution is 0.358. The summed E-state index contributed by atoms with van der Waals surface area (Å²) in [5, 5.41) is 11.7. The summed E-state index contributed by atoms with van der Waals surface area (Å²) >= 11 is 3.67. The first-order chi connectivity index (χ1) is 9.29. The molecule has 0 amide bonds. The minimum Gasteiger partial charge on any atom is -0.230 e. The van der Waals surface area contributed by atoms with E-state index < -0.39 is 0 Å². The SMILES string of the molecule is CC1CCC2c3c(SCCC#N)ncnc3SC2C1. The van der Waals surface area contributed by atoms with Crippen molar-refractivity contribution in [3.63, 3.8) is 0 Å². The van der Waals surface area contributed by atoms with Gasteiger partial charge in [0.2, 0.25) is 0 Å². The van der Waals surface area contributed by atoms with Gasteiger partial charge in [-0.05, 0) is 18.8 Å². The second kappa shape index (κ2) is 5.72. The van der Waals surface area contributed by atoms with Crippen LogP contribution in [0.3, 0.4) is 0 Å². The first-order valence-corrected chi connectivity index (χ1v) is 8.67. The molecule has 0 bridgehead atoms. The van der Waals surface area contributed by atoms with Gasteiger partial charge < -0.3 is 0 Å². The zero-order chi connectivity index (χ0) is 13.2. The van der Waals surface area contributed by atoms with E-state index in [1.165, 1.54) is 29.9 Å². The van der Waals surface area contributed by atoms with E-state index in [1.807, 2.05) is 11.8 Å². The van der Waals surface area contributed by atoms with Crippen LogP contribution >= 0.6 is 23.5 Å². The summed E-state index contributed by atoms with van der Waals surface area (Å²) < 4.78 is 0. The lowest BCUT2D eigenvalue weighted by atomic mass is 9.80. The average Bonchev–Trinajstić information content (AvgIpc) is 2.77. The van der Waals surface area contributed by atoms with Gasteiger partial charge in [0.1, 0.15) is 16.4 Å². The Bertz CT molecular complexity index is 512. The van der Waals surface area contributed by atoms with E-state index >= 15 is 0 Å². The topological polar surface area (TPSA) is 49.6 Å². The second-order valence-electron chi connectivity index (χ2n) is 5.34. The predicted octanol–water partition coefficient (Wildman–Crippen LogP) is 3.86. The van der Waals surface area contributed by atoms with E-state index in [-0.39, 0.29) is 0 Å². The molecule has 3 atom stereocenters. The lowest BCUT2D eigenvalue weighted by Gasteiger charge is -2.29. The standard InChI is InChI=1S/C14H17N3S2/c1-9-3-4-10-11(7-9)19-14-12(10)13(16-8-17-14)18-6-2-5-15/h8-11H,2-4,6-7H2,1H3. The molecule has 2 heterocycles. The number of rotatable bonds is 3. The molecule has 0 N–H and O–H groups in total. The molecule has 0 aromatic carbocycles. The molecule has 5 heteroatoms. The summed E-state index contributed by atoms with van der Waals surface area (Å²) in [6, 6.07) is 2.20. The maximum atomic E-state index is 8.65. The van der Waals surface area contributed by atoms with Crippen molar-refractivity contribution in [1.29, 1.82) is 5.26 Å². The molecular formula is C14H17N3S2. The highest BCUT2D eigenvalue weighted by atomic mass is 32.2. The Labute approximate surface area is 122 Å². The molecule has 1 aliphatic carbocycles. The smallest absolute Gasteiger partial charge is 0.118 e. The highest BCUT2D eigenvalue weighted by molar-refractivity contribution is 8.00. The maximum Gasteiger partial charge on any atom is 0.118 e. The van der Waals surface area contributed by atoms with Crippen LogP contribution < -0.4 is 0 Å². The summed E-state index contributed by atoms with van der Waals surface area (Å²) in [6.45, 7) is 2.36. The van der Waals surface area contributed by atoms with Gasteiger partial charge in [-0.25, -0.2) is 9.97 Å². The Morgan fingerprint density at radius 1 is 1.47 bits per heavy atom. The van der Waals surface area contributed by atoms with Crippen molar-refractivity contribution >= 4 is 23.5 Å². The van der Waals surface area contributed by atoms with E-state index in [9.17, 15) is 0 Å². The highest BCUT2D eigenvalue weighted by Crippen LogP contribution is 2.54. The molecule has 0 radical (unpaired) electrons. The molecule has 0 spiro atoms. The number of fused-ring (bicyclic) bond motifs is 3. The van der Waals surface area contributed by atoms with Crippen LogP contribution in [0.5, 0.6) is 0 Å². The van der Waals surface area contributed by atoms with Crippen molar-refractivity contribution in [1.82, 2.24) is 9.97 Å². The van der Waals surface area contributed by atoms with Gasteiger partial charge in [0.15, 0.2) is 0 Å². The van der Waals surface area contributed by atoms with Crippen LogP contribution in [0.15, 0.2) is 16.4 Å². The van der Waals surface area contributed by atoms with Gasteiger partial charge in [-0.2, -0.15) is 5.26 Å². The van der Waals surface area contributed by atoms with Gasteiger partial charge in [-0.1, -0.05) is 13.3 Å². The van der Waals surface area contributed by atoms with Crippen LogP contribution in [0.4, 0.5) is 0 Å². The summed E-state index contributed by atoms with van der Waals surface area (Å²) in [4.78, 5) is 8.93. The average molecular weight is 291 g/mol. The molecule has 3 rings (SSSR count). The molecule has 1 aromatic rings. The summed E-state index contributed by atoms with van der Waals surface area (Å²) in [5.74, 6) is 2.31. The third-order valence-electron chi connectivity index (χ3n) is 3.95. The highest BCUT2D eigenvalue weighted by Gasteiger charge is 2.40. The largest absolute Gasteiger partial charge is 0.230 e. The minimum absolute atomic E-state index is 0.585. The number of thioether (sulfide) groups is 2. The molecule has 19 heavy (non-hydrogen) atoms.